The fraction of sp³-hybridized carbons (Fsp3) is 0.556. The second kappa shape index (κ2) is 4.59. The van der Waals surface area contributed by atoms with Crippen LogP contribution >= 0.6 is 11.3 Å². The van der Waals surface area contributed by atoms with Crippen LogP contribution in [-0.4, -0.2) is 23.6 Å². The topological polar surface area (TPSA) is 66.6 Å². The number of aliphatic hydroxyl groups is 1. The smallest absolute Gasteiger partial charge is 0.304 e. The van der Waals surface area contributed by atoms with Crippen molar-refractivity contribution in [1.29, 1.82) is 0 Å². The first kappa shape index (κ1) is 11.9. The van der Waals surface area contributed by atoms with Crippen molar-refractivity contribution in [2.45, 2.75) is 20.0 Å². The van der Waals surface area contributed by atoms with E-state index in [1.54, 1.807) is 18.9 Å². The molecule has 0 aliphatic rings. The molecule has 5 nitrogen and oxygen atoms in total. The van der Waals surface area contributed by atoms with Crippen molar-refractivity contribution in [2.75, 3.05) is 18.5 Å². The van der Waals surface area contributed by atoms with Crippen LogP contribution in [-0.2, 0) is 0 Å². The Bertz CT molecular complexity index is 362. The molecule has 0 bridgehead atoms. The Morgan fingerprint density at radius 1 is 1.73 bits per heavy atom. The van der Waals surface area contributed by atoms with Crippen LogP contribution in [0.3, 0.4) is 0 Å². The van der Waals surface area contributed by atoms with Gasteiger partial charge in [-0.05, 0) is 13.8 Å². The molecule has 1 heterocycles. The lowest BCUT2D eigenvalue weighted by molar-refractivity contribution is -0.383. The molecule has 1 atom stereocenters. The molecular weight excluding hydrogens is 216 g/mol. The predicted molar refractivity (Wildman–Crippen MR) is 60.6 cm³/mol. The average Bonchev–Trinajstić information content (AvgIpc) is 2.61. The van der Waals surface area contributed by atoms with Gasteiger partial charge >= 0.3 is 5.69 Å². The Kier molecular flexibility index (Phi) is 3.65. The molecule has 84 valence electrons. The summed E-state index contributed by atoms with van der Waals surface area (Å²) < 4.78 is 0. The highest BCUT2D eigenvalue weighted by atomic mass is 32.1. The van der Waals surface area contributed by atoms with E-state index in [0.29, 0.717) is 16.4 Å². The molecule has 6 heteroatoms. The number of anilines is 1. The maximum atomic E-state index is 10.8. The molecule has 0 aliphatic heterocycles. The van der Waals surface area contributed by atoms with E-state index in [-0.39, 0.29) is 5.69 Å². The molecule has 1 N–H and O–H groups in total. The van der Waals surface area contributed by atoms with E-state index in [2.05, 4.69) is 0 Å². The minimum Gasteiger partial charge on any atom is -0.388 e. The lowest BCUT2D eigenvalue weighted by Crippen LogP contribution is -2.15. The normalized spacial score (nSPS) is 12.5. The molecule has 0 radical (unpaired) electrons. The minimum absolute atomic E-state index is 0.0697. The summed E-state index contributed by atoms with van der Waals surface area (Å²) in [7, 11) is 1.80. The van der Waals surface area contributed by atoms with E-state index in [0.717, 1.165) is 0 Å². The zero-order valence-corrected chi connectivity index (χ0v) is 9.74. The van der Waals surface area contributed by atoms with Crippen LogP contribution in [0.1, 0.15) is 24.8 Å². The van der Waals surface area contributed by atoms with E-state index >= 15 is 0 Å². The number of nitro groups is 1. The summed E-state index contributed by atoms with van der Waals surface area (Å²) >= 11 is 1.26. The van der Waals surface area contributed by atoms with Crippen molar-refractivity contribution in [1.82, 2.24) is 0 Å². The van der Waals surface area contributed by atoms with Crippen LogP contribution in [0.4, 0.5) is 10.7 Å². The largest absolute Gasteiger partial charge is 0.388 e. The summed E-state index contributed by atoms with van der Waals surface area (Å²) in [5.74, 6) is 0. The third-order valence-electron chi connectivity index (χ3n) is 2.14. The minimum atomic E-state index is -0.660. The lowest BCUT2D eigenvalue weighted by Gasteiger charge is -2.12. The SMILES string of the molecule is CCN(C)c1sc([C@H](C)O)cc1[N+](=O)[O-]. The Balaban J connectivity index is 3.17. The van der Waals surface area contributed by atoms with Gasteiger partial charge in [-0.1, -0.05) is 0 Å². The van der Waals surface area contributed by atoms with Crippen molar-refractivity contribution < 1.29 is 10.0 Å². The number of thiophene rings is 1. The second-order valence-corrected chi connectivity index (χ2v) is 4.35. The summed E-state index contributed by atoms with van der Waals surface area (Å²) in [5.41, 5.74) is 0.0697. The van der Waals surface area contributed by atoms with Gasteiger partial charge in [0.2, 0.25) is 0 Å². The Labute approximate surface area is 92.1 Å². The van der Waals surface area contributed by atoms with Gasteiger partial charge in [0.05, 0.1) is 11.0 Å². The van der Waals surface area contributed by atoms with Gasteiger partial charge in [0, 0.05) is 24.5 Å². The molecule has 0 saturated heterocycles. The molecule has 0 amide bonds. The van der Waals surface area contributed by atoms with Crippen molar-refractivity contribution in [3.05, 3.63) is 21.1 Å². The molecule has 0 aliphatic carbocycles. The van der Waals surface area contributed by atoms with Gasteiger partial charge in [-0.2, -0.15) is 0 Å². The highest BCUT2D eigenvalue weighted by molar-refractivity contribution is 7.16. The molecule has 1 aromatic heterocycles. The predicted octanol–water partition coefficient (Wildman–Crippen LogP) is 2.17. The first-order chi connectivity index (χ1) is 6.97. The van der Waals surface area contributed by atoms with Gasteiger partial charge in [-0.25, -0.2) is 0 Å². The van der Waals surface area contributed by atoms with E-state index in [1.807, 2.05) is 6.92 Å². The molecule has 0 unspecified atom stereocenters. The molecule has 0 saturated carbocycles. The summed E-state index contributed by atoms with van der Waals surface area (Å²) in [6, 6.07) is 1.44. The van der Waals surface area contributed by atoms with E-state index in [9.17, 15) is 15.2 Å². The highest BCUT2D eigenvalue weighted by Gasteiger charge is 2.22. The zero-order chi connectivity index (χ0) is 11.6. The van der Waals surface area contributed by atoms with Crippen molar-refractivity contribution in [3.8, 4) is 0 Å². The second-order valence-electron chi connectivity index (χ2n) is 3.29. The van der Waals surface area contributed by atoms with Crippen LogP contribution in [0, 0.1) is 10.1 Å². The summed E-state index contributed by atoms with van der Waals surface area (Å²) in [4.78, 5) is 12.8. The molecule has 0 spiro atoms. The third-order valence-corrected chi connectivity index (χ3v) is 3.55. The van der Waals surface area contributed by atoms with Gasteiger partial charge in [0.1, 0.15) is 0 Å². The van der Waals surface area contributed by atoms with Crippen molar-refractivity contribution in [2.24, 2.45) is 0 Å². The number of rotatable bonds is 4. The Morgan fingerprint density at radius 3 is 2.73 bits per heavy atom. The molecule has 15 heavy (non-hydrogen) atoms. The van der Waals surface area contributed by atoms with Crippen LogP contribution in [0.2, 0.25) is 0 Å². The molecule has 1 aromatic rings. The fourth-order valence-electron chi connectivity index (χ4n) is 1.14. The van der Waals surface area contributed by atoms with Crippen LogP contribution < -0.4 is 4.90 Å². The highest BCUT2D eigenvalue weighted by Crippen LogP contribution is 2.39. The number of hydrogen-bond acceptors (Lipinski definition) is 5. The third kappa shape index (κ3) is 2.45. The zero-order valence-electron chi connectivity index (χ0n) is 8.93. The van der Waals surface area contributed by atoms with E-state index < -0.39 is 11.0 Å². The van der Waals surface area contributed by atoms with Gasteiger partial charge in [-0.15, -0.1) is 11.3 Å². The molecule has 0 aromatic carbocycles. The van der Waals surface area contributed by atoms with Crippen molar-refractivity contribution >= 4 is 22.0 Å². The monoisotopic (exact) mass is 230 g/mol. The number of nitrogens with zero attached hydrogens (tertiary/aromatic N) is 2. The van der Waals surface area contributed by atoms with Crippen LogP contribution in [0.15, 0.2) is 6.07 Å². The Hall–Kier alpha value is -1.14. The van der Waals surface area contributed by atoms with Gasteiger partial charge < -0.3 is 10.0 Å². The maximum absolute atomic E-state index is 10.8. The van der Waals surface area contributed by atoms with Gasteiger partial charge in [0.15, 0.2) is 5.00 Å². The number of aliphatic hydroxyl groups excluding tert-OH is 1. The quantitative estimate of drug-likeness (QED) is 0.636. The Morgan fingerprint density at radius 2 is 2.33 bits per heavy atom. The molecular formula is C9H14N2O3S. The first-order valence-corrected chi connectivity index (χ1v) is 5.46. The lowest BCUT2D eigenvalue weighted by atomic mass is 10.3. The standard InChI is InChI=1S/C9H14N2O3S/c1-4-10(3)9-7(11(13)14)5-8(15-9)6(2)12/h5-6,12H,4H2,1-3H3/t6-/m0/s1. The summed E-state index contributed by atoms with van der Waals surface area (Å²) in [6.45, 7) is 4.22. The van der Waals surface area contributed by atoms with E-state index in [1.165, 1.54) is 17.4 Å². The van der Waals surface area contributed by atoms with Gasteiger partial charge in [0.25, 0.3) is 0 Å². The van der Waals surface area contributed by atoms with E-state index in [4.69, 9.17) is 0 Å². The average molecular weight is 230 g/mol. The first-order valence-electron chi connectivity index (χ1n) is 4.64. The molecule has 0 fully saturated rings. The van der Waals surface area contributed by atoms with Crippen LogP contribution in [0.25, 0.3) is 0 Å². The summed E-state index contributed by atoms with van der Waals surface area (Å²) in [5, 5.41) is 20.7. The maximum Gasteiger partial charge on any atom is 0.304 e. The summed E-state index contributed by atoms with van der Waals surface area (Å²) in [6.07, 6.45) is -0.660. The molecule has 1 rings (SSSR count). The van der Waals surface area contributed by atoms with Gasteiger partial charge in [-0.3, -0.25) is 10.1 Å². The van der Waals surface area contributed by atoms with Crippen LogP contribution in [0.5, 0.6) is 0 Å². The van der Waals surface area contributed by atoms with Crippen molar-refractivity contribution in [3.63, 3.8) is 0 Å². The number of hydrogen-bond donors (Lipinski definition) is 1. The fourth-order valence-corrected chi connectivity index (χ4v) is 2.23.